The number of ketones is 1. The summed E-state index contributed by atoms with van der Waals surface area (Å²) in [5, 5.41) is 0. The van der Waals surface area contributed by atoms with Crippen molar-refractivity contribution >= 4 is 39.2 Å². The van der Waals surface area contributed by atoms with E-state index in [1.54, 1.807) is 48.5 Å². The summed E-state index contributed by atoms with van der Waals surface area (Å²) in [6.45, 7) is -0.168. The summed E-state index contributed by atoms with van der Waals surface area (Å²) in [4.78, 5) is 40.6. The molecule has 2 aromatic rings. The van der Waals surface area contributed by atoms with E-state index in [2.05, 4.69) is 28.1 Å². The third-order valence-electron chi connectivity index (χ3n) is 7.29. The first-order valence-electron chi connectivity index (χ1n) is 10.6. The summed E-state index contributed by atoms with van der Waals surface area (Å²) in [7, 11) is 0. The molecule has 4 aliphatic carbocycles. The zero-order valence-electron chi connectivity index (χ0n) is 16.6. The van der Waals surface area contributed by atoms with Gasteiger partial charge in [-0.3, -0.25) is 14.4 Å². The molecule has 2 bridgehead atoms. The van der Waals surface area contributed by atoms with Crippen molar-refractivity contribution in [1.82, 2.24) is 0 Å². The van der Waals surface area contributed by atoms with Gasteiger partial charge in [0.25, 0.3) is 0 Å². The first-order chi connectivity index (χ1) is 15.0. The number of amides is 2. The average Bonchev–Trinajstić information content (AvgIpc) is 3.56. The molecule has 156 valence electrons. The van der Waals surface area contributed by atoms with Crippen LogP contribution in [0.1, 0.15) is 16.8 Å². The van der Waals surface area contributed by atoms with Crippen molar-refractivity contribution in [3.63, 3.8) is 0 Å². The maximum atomic E-state index is 13.4. The van der Waals surface area contributed by atoms with E-state index in [1.165, 1.54) is 4.90 Å². The molecule has 1 aliphatic heterocycles. The maximum Gasteiger partial charge on any atom is 0.238 e. The summed E-state index contributed by atoms with van der Waals surface area (Å²) in [5.41, 5.74) is 0.977. The molecule has 31 heavy (non-hydrogen) atoms. The van der Waals surface area contributed by atoms with Crippen molar-refractivity contribution in [1.29, 1.82) is 0 Å². The van der Waals surface area contributed by atoms with Crippen LogP contribution in [-0.4, -0.2) is 24.2 Å². The van der Waals surface area contributed by atoms with Crippen molar-refractivity contribution in [3.05, 3.63) is 70.7 Å². The fourth-order valence-corrected chi connectivity index (χ4v) is 6.09. The largest absolute Gasteiger partial charge is 0.483 e. The molecule has 5 aliphatic rings. The molecule has 0 spiro atoms. The van der Waals surface area contributed by atoms with E-state index in [4.69, 9.17) is 4.74 Å². The van der Waals surface area contributed by atoms with Crippen LogP contribution >= 0.6 is 15.9 Å². The number of Topliss-reactive ketones (excluding diaryl/α,β-unsaturated/α-hetero) is 1. The van der Waals surface area contributed by atoms with Gasteiger partial charge in [0, 0.05) is 10.0 Å². The average molecular weight is 478 g/mol. The van der Waals surface area contributed by atoms with Gasteiger partial charge in [0.05, 0.1) is 17.5 Å². The highest BCUT2D eigenvalue weighted by atomic mass is 79.9. The van der Waals surface area contributed by atoms with Gasteiger partial charge in [0.1, 0.15) is 5.75 Å². The SMILES string of the molecule is O=C(COc1ccccc1N1C(=O)[C@@H]2[C@H]3C=C[C@@H]([C@@H]4C[C@@H]34)[C@H]2C1=O)c1ccc(Br)cc1. The number of para-hydroxylation sites is 2. The predicted molar refractivity (Wildman–Crippen MR) is 118 cm³/mol. The number of hydrogen-bond acceptors (Lipinski definition) is 4. The molecule has 5 nitrogen and oxygen atoms in total. The van der Waals surface area contributed by atoms with Crippen LogP contribution in [0.3, 0.4) is 0 Å². The Morgan fingerprint density at radius 3 is 2.19 bits per heavy atom. The van der Waals surface area contributed by atoms with Gasteiger partial charge >= 0.3 is 0 Å². The van der Waals surface area contributed by atoms with E-state index in [9.17, 15) is 14.4 Å². The predicted octanol–water partition coefficient (Wildman–Crippen LogP) is 4.27. The summed E-state index contributed by atoms with van der Waals surface area (Å²) in [5.74, 6) is 0.890. The quantitative estimate of drug-likeness (QED) is 0.366. The number of ether oxygens (including phenoxy) is 1. The number of rotatable bonds is 5. The van der Waals surface area contributed by atoms with Crippen LogP contribution in [0.15, 0.2) is 65.2 Å². The standard InChI is InChI=1S/C25H20BrNO4/c26-14-7-5-13(6-8-14)20(28)12-31-21-4-2-1-3-19(21)27-24(29)22-15-9-10-16(18-11-17(15)18)23(22)25(27)30/h1-10,15-18,22-23H,11-12H2/t15-,16-,17-,18-,22+,23+/m0/s1. The van der Waals surface area contributed by atoms with Crippen LogP contribution in [0.25, 0.3) is 0 Å². The third-order valence-corrected chi connectivity index (χ3v) is 7.82. The molecule has 2 amide bonds. The first-order valence-corrected chi connectivity index (χ1v) is 11.4. The number of carbonyl (C=O) groups is 3. The van der Waals surface area contributed by atoms with Crippen molar-refractivity contribution in [3.8, 4) is 5.75 Å². The van der Waals surface area contributed by atoms with Crippen LogP contribution in [0.4, 0.5) is 5.69 Å². The van der Waals surface area contributed by atoms with Gasteiger partial charge in [-0.15, -0.1) is 0 Å². The molecule has 0 aromatic heterocycles. The van der Waals surface area contributed by atoms with Crippen molar-refractivity contribution < 1.29 is 19.1 Å². The number of anilines is 1. The lowest BCUT2D eigenvalue weighted by Gasteiger charge is -2.37. The van der Waals surface area contributed by atoms with Crippen LogP contribution in [0.5, 0.6) is 5.75 Å². The smallest absolute Gasteiger partial charge is 0.238 e. The highest BCUT2D eigenvalue weighted by Crippen LogP contribution is 2.65. The minimum absolute atomic E-state index is 0.130. The molecular formula is C25H20BrNO4. The molecule has 0 unspecified atom stereocenters. The van der Waals surface area contributed by atoms with Gasteiger partial charge in [-0.05, 0) is 54.4 Å². The summed E-state index contributed by atoms with van der Waals surface area (Å²) < 4.78 is 6.71. The second-order valence-electron chi connectivity index (χ2n) is 8.85. The fourth-order valence-electron chi connectivity index (χ4n) is 5.82. The van der Waals surface area contributed by atoms with Gasteiger partial charge in [-0.2, -0.15) is 0 Å². The van der Waals surface area contributed by atoms with Crippen molar-refractivity contribution in [2.24, 2.45) is 35.5 Å². The van der Waals surface area contributed by atoms with Gasteiger partial charge in [0.2, 0.25) is 11.8 Å². The number of imide groups is 1. The number of benzene rings is 2. The number of nitrogens with zero attached hydrogens (tertiary/aromatic N) is 1. The number of hydrogen-bond donors (Lipinski definition) is 0. The lowest BCUT2D eigenvalue weighted by atomic mass is 9.63. The monoisotopic (exact) mass is 477 g/mol. The second-order valence-corrected chi connectivity index (χ2v) is 9.77. The van der Waals surface area contributed by atoms with Crippen LogP contribution in [-0.2, 0) is 9.59 Å². The summed E-state index contributed by atoms with van der Waals surface area (Å²) >= 11 is 3.36. The first kappa shape index (κ1) is 19.0. The highest BCUT2D eigenvalue weighted by Gasteiger charge is 2.67. The van der Waals surface area contributed by atoms with Crippen molar-refractivity contribution in [2.45, 2.75) is 6.42 Å². The van der Waals surface area contributed by atoms with Gasteiger partial charge < -0.3 is 4.74 Å². The Kier molecular flexibility index (Phi) is 4.22. The lowest BCUT2D eigenvalue weighted by Crippen LogP contribution is -2.40. The van der Waals surface area contributed by atoms with Gasteiger partial charge in [0.15, 0.2) is 12.4 Å². The molecule has 6 heteroatoms. The van der Waals surface area contributed by atoms with E-state index in [-0.39, 0.29) is 47.9 Å². The molecule has 0 N–H and O–H groups in total. The lowest BCUT2D eigenvalue weighted by molar-refractivity contribution is -0.124. The Bertz CT molecular complexity index is 1100. The maximum absolute atomic E-state index is 13.4. The molecule has 2 aromatic carbocycles. The minimum Gasteiger partial charge on any atom is -0.483 e. The van der Waals surface area contributed by atoms with Crippen LogP contribution < -0.4 is 9.64 Å². The van der Waals surface area contributed by atoms with E-state index in [0.717, 1.165) is 10.9 Å². The van der Waals surface area contributed by atoms with E-state index in [0.29, 0.717) is 28.8 Å². The zero-order valence-corrected chi connectivity index (χ0v) is 18.2. The van der Waals surface area contributed by atoms with E-state index >= 15 is 0 Å². The zero-order chi connectivity index (χ0) is 21.3. The molecule has 2 saturated carbocycles. The molecule has 7 rings (SSSR count). The number of halogens is 1. The number of allylic oxidation sites excluding steroid dienone is 2. The topological polar surface area (TPSA) is 63.7 Å². The Balaban J connectivity index is 1.26. The Morgan fingerprint density at radius 1 is 0.935 bits per heavy atom. The summed E-state index contributed by atoms with van der Waals surface area (Å²) in [6, 6.07) is 14.1. The molecule has 0 radical (unpaired) electrons. The number of carbonyl (C=O) groups excluding carboxylic acids is 3. The molecule has 3 fully saturated rings. The molecular weight excluding hydrogens is 458 g/mol. The summed E-state index contributed by atoms with van der Waals surface area (Å²) in [6.07, 6.45) is 5.45. The van der Waals surface area contributed by atoms with Crippen molar-refractivity contribution in [2.75, 3.05) is 11.5 Å². The Labute approximate surface area is 188 Å². The van der Waals surface area contributed by atoms with Crippen LogP contribution in [0, 0.1) is 35.5 Å². The molecule has 1 saturated heterocycles. The third kappa shape index (κ3) is 2.84. The van der Waals surface area contributed by atoms with E-state index in [1.807, 2.05) is 0 Å². The second kappa shape index (κ2) is 6.89. The highest BCUT2D eigenvalue weighted by molar-refractivity contribution is 9.10. The van der Waals surface area contributed by atoms with Crippen LogP contribution in [0.2, 0.25) is 0 Å². The van der Waals surface area contributed by atoms with Gasteiger partial charge in [-0.1, -0.05) is 52.3 Å². The Morgan fingerprint density at radius 2 is 1.55 bits per heavy atom. The van der Waals surface area contributed by atoms with Gasteiger partial charge in [-0.25, -0.2) is 4.90 Å². The fraction of sp³-hybridized carbons (Fsp3) is 0.320. The molecule has 1 heterocycles. The normalized spacial score (nSPS) is 32.1. The van der Waals surface area contributed by atoms with E-state index < -0.39 is 0 Å². The Hall–Kier alpha value is -2.73. The minimum atomic E-state index is -0.260. The molecule has 6 atom stereocenters.